The maximum absolute atomic E-state index is 8.12. The van der Waals surface area contributed by atoms with Gasteiger partial charge >= 0.3 is 6.15 Å². The second kappa shape index (κ2) is 8.79. The molecule has 3 aromatic rings. The fourth-order valence-corrected chi connectivity index (χ4v) is 2.23. The van der Waals surface area contributed by atoms with E-state index in [1.807, 2.05) is 48.6 Å². The van der Waals surface area contributed by atoms with Crippen molar-refractivity contribution in [3.63, 3.8) is 0 Å². The number of nitrogens with zero attached hydrogens (tertiary/aromatic N) is 2. The molecule has 1 N–H and O–H groups in total. The summed E-state index contributed by atoms with van der Waals surface area (Å²) < 4.78 is 0. The van der Waals surface area contributed by atoms with Gasteiger partial charge in [0.1, 0.15) is 5.69 Å². The average molecular weight is 360 g/mol. The van der Waals surface area contributed by atoms with E-state index in [0.29, 0.717) is 10.0 Å². The van der Waals surface area contributed by atoms with Gasteiger partial charge in [0.2, 0.25) is 0 Å². The van der Waals surface area contributed by atoms with Crippen molar-refractivity contribution < 1.29 is 9.59 Å². The van der Waals surface area contributed by atoms with Crippen LogP contribution in [0.2, 0.25) is 10.0 Å². The first-order valence-corrected chi connectivity index (χ1v) is 7.48. The van der Waals surface area contributed by atoms with E-state index < -0.39 is 0 Å². The molecule has 0 radical (unpaired) electrons. The van der Waals surface area contributed by atoms with E-state index in [-0.39, 0.29) is 6.15 Å². The summed E-state index contributed by atoms with van der Waals surface area (Å²) in [6, 6.07) is 13.8. The number of halogens is 2. The van der Waals surface area contributed by atoms with Crippen molar-refractivity contribution in [2.75, 3.05) is 0 Å². The molecule has 0 spiro atoms. The molecule has 0 amide bonds. The van der Waals surface area contributed by atoms with Gasteiger partial charge in [-0.3, -0.25) is 0 Å². The van der Waals surface area contributed by atoms with E-state index in [4.69, 9.17) is 32.8 Å². The quantitative estimate of drug-likeness (QED) is 0.753. The highest BCUT2D eigenvalue weighted by Crippen LogP contribution is 2.28. The standard InChI is InChI=1S/C16H11Cl2N3.CO2/c17-15-8-6-13(9-16(15)18)12-4-1-11(2-5-12)3-7-14-10-19-21-20-14;2-1-3/h1-10H,(H,19,20,21);. The lowest BCUT2D eigenvalue weighted by molar-refractivity contribution is -0.191. The second-order valence-electron chi connectivity index (χ2n) is 4.56. The van der Waals surface area contributed by atoms with Crippen molar-refractivity contribution in [2.45, 2.75) is 0 Å². The maximum Gasteiger partial charge on any atom is 0.373 e. The van der Waals surface area contributed by atoms with E-state index in [1.165, 1.54) is 0 Å². The van der Waals surface area contributed by atoms with Gasteiger partial charge in [0, 0.05) is 0 Å². The number of hydrogen-bond acceptors (Lipinski definition) is 4. The topological polar surface area (TPSA) is 75.7 Å². The number of aromatic nitrogens is 3. The van der Waals surface area contributed by atoms with Crippen LogP contribution in [0, 0.1) is 0 Å². The van der Waals surface area contributed by atoms with Crippen molar-refractivity contribution >= 4 is 41.5 Å². The van der Waals surface area contributed by atoms with Gasteiger partial charge < -0.3 is 0 Å². The zero-order chi connectivity index (χ0) is 17.4. The molecule has 0 aliphatic rings. The molecular formula is C17H11Cl2N3O2. The molecule has 5 nitrogen and oxygen atoms in total. The Bertz CT molecular complexity index is 854. The normalized spacial score (nSPS) is 10.1. The third-order valence-corrected chi connectivity index (χ3v) is 3.78. The summed E-state index contributed by atoms with van der Waals surface area (Å²) >= 11 is 12.0. The molecule has 3 rings (SSSR count). The zero-order valence-electron chi connectivity index (χ0n) is 12.2. The van der Waals surface area contributed by atoms with Gasteiger partial charge in [-0.05, 0) is 34.9 Å². The number of hydrogen-bond donors (Lipinski definition) is 1. The van der Waals surface area contributed by atoms with Crippen LogP contribution in [0.5, 0.6) is 0 Å². The minimum absolute atomic E-state index is 0.250. The van der Waals surface area contributed by atoms with E-state index in [9.17, 15) is 0 Å². The van der Waals surface area contributed by atoms with Crippen LogP contribution in [-0.4, -0.2) is 21.6 Å². The van der Waals surface area contributed by atoms with E-state index in [2.05, 4.69) is 15.4 Å². The van der Waals surface area contributed by atoms with Crippen LogP contribution in [0.4, 0.5) is 0 Å². The molecule has 0 bridgehead atoms. The number of H-pyrrole nitrogens is 1. The predicted molar refractivity (Wildman–Crippen MR) is 92.2 cm³/mol. The molecule has 0 unspecified atom stereocenters. The van der Waals surface area contributed by atoms with Gasteiger partial charge in [0.25, 0.3) is 0 Å². The minimum atomic E-state index is 0.250. The highest BCUT2D eigenvalue weighted by Gasteiger charge is 2.02. The van der Waals surface area contributed by atoms with Crippen LogP contribution in [0.15, 0.2) is 48.7 Å². The molecule has 120 valence electrons. The first kappa shape index (κ1) is 17.6. The van der Waals surface area contributed by atoms with Crippen molar-refractivity contribution in [2.24, 2.45) is 0 Å². The van der Waals surface area contributed by atoms with Crippen LogP contribution >= 0.6 is 23.2 Å². The molecule has 0 aliphatic carbocycles. The van der Waals surface area contributed by atoms with E-state index >= 15 is 0 Å². The van der Waals surface area contributed by atoms with E-state index in [1.54, 1.807) is 12.3 Å². The summed E-state index contributed by atoms with van der Waals surface area (Å²) in [5.41, 5.74) is 4.01. The first-order valence-electron chi connectivity index (χ1n) is 6.72. The van der Waals surface area contributed by atoms with Crippen molar-refractivity contribution in [3.8, 4) is 11.1 Å². The SMILES string of the molecule is Clc1ccc(-c2ccc(C=Cc3cn[nH]n3)cc2)cc1Cl.O=C=O. The second-order valence-corrected chi connectivity index (χ2v) is 5.38. The van der Waals surface area contributed by atoms with Crippen LogP contribution in [0.3, 0.4) is 0 Å². The summed E-state index contributed by atoms with van der Waals surface area (Å²) in [4.78, 5) is 16.2. The smallest absolute Gasteiger partial charge is 0.197 e. The van der Waals surface area contributed by atoms with Gasteiger partial charge in [-0.1, -0.05) is 59.6 Å². The molecule has 24 heavy (non-hydrogen) atoms. The molecule has 2 aromatic carbocycles. The highest BCUT2D eigenvalue weighted by molar-refractivity contribution is 6.42. The molecule has 1 aromatic heterocycles. The Morgan fingerprint density at radius 2 is 1.58 bits per heavy atom. The summed E-state index contributed by atoms with van der Waals surface area (Å²) in [6.45, 7) is 0. The lowest BCUT2D eigenvalue weighted by Crippen LogP contribution is -1.80. The Labute approximate surface area is 147 Å². The molecule has 0 atom stereocenters. The van der Waals surface area contributed by atoms with Crippen LogP contribution in [0.1, 0.15) is 11.3 Å². The van der Waals surface area contributed by atoms with Gasteiger partial charge in [-0.15, -0.1) is 0 Å². The van der Waals surface area contributed by atoms with Gasteiger partial charge in [-0.25, -0.2) is 0 Å². The largest absolute Gasteiger partial charge is 0.373 e. The molecule has 0 fully saturated rings. The molecule has 0 saturated carbocycles. The summed E-state index contributed by atoms with van der Waals surface area (Å²) in [5.74, 6) is 0. The Balaban J connectivity index is 0.000000647. The predicted octanol–water partition coefficient (Wildman–Crippen LogP) is 4.37. The Morgan fingerprint density at radius 1 is 0.917 bits per heavy atom. The Morgan fingerprint density at radius 3 is 2.17 bits per heavy atom. The molecule has 0 aliphatic heterocycles. The highest BCUT2D eigenvalue weighted by atomic mass is 35.5. The van der Waals surface area contributed by atoms with Gasteiger partial charge in [-0.2, -0.15) is 25.0 Å². The summed E-state index contributed by atoms with van der Waals surface area (Å²) in [5, 5.41) is 11.4. The summed E-state index contributed by atoms with van der Waals surface area (Å²) in [7, 11) is 0. The third-order valence-electron chi connectivity index (χ3n) is 3.04. The lowest BCUT2D eigenvalue weighted by Gasteiger charge is -2.04. The number of aromatic amines is 1. The fourth-order valence-electron chi connectivity index (χ4n) is 1.93. The molecular weight excluding hydrogens is 349 g/mol. The number of nitrogens with one attached hydrogen (secondary N) is 1. The lowest BCUT2D eigenvalue weighted by atomic mass is 10.0. The van der Waals surface area contributed by atoms with Crippen LogP contribution in [-0.2, 0) is 9.59 Å². The Kier molecular flexibility index (Phi) is 6.46. The van der Waals surface area contributed by atoms with Crippen molar-refractivity contribution in [1.82, 2.24) is 15.4 Å². The maximum atomic E-state index is 8.12. The third kappa shape index (κ3) is 4.89. The number of rotatable bonds is 3. The summed E-state index contributed by atoms with van der Waals surface area (Å²) in [6.07, 6.45) is 5.80. The zero-order valence-corrected chi connectivity index (χ0v) is 13.8. The average Bonchev–Trinajstić information content (AvgIpc) is 3.10. The number of carbonyl (C=O) groups excluding carboxylic acids is 2. The van der Waals surface area contributed by atoms with E-state index in [0.717, 1.165) is 22.4 Å². The van der Waals surface area contributed by atoms with Gasteiger partial charge in [0.05, 0.1) is 16.2 Å². The van der Waals surface area contributed by atoms with Crippen LogP contribution < -0.4 is 0 Å². The Hall–Kier alpha value is -2.72. The molecule has 0 saturated heterocycles. The molecule has 7 heteroatoms. The monoisotopic (exact) mass is 359 g/mol. The molecule has 1 heterocycles. The first-order chi connectivity index (χ1) is 11.6. The minimum Gasteiger partial charge on any atom is -0.197 e. The van der Waals surface area contributed by atoms with Crippen LogP contribution in [0.25, 0.3) is 23.3 Å². The fraction of sp³-hybridized carbons (Fsp3) is 0. The van der Waals surface area contributed by atoms with Crippen molar-refractivity contribution in [3.05, 3.63) is 70.0 Å². The number of benzene rings is 2. The van der Waals surface area contributed by atoms with Crippen molar-refractivity contribution in [1.29, 1.82) is 0 Å². The van der Waals surface area contributed by atoms with Gasteiger partial charge in [0.15, 0.2) is 0 Å².